The molecule has 1 aromatic carbocycles. The summed E-state index contributed by atoms with van der Waals surface area (Å²) in [7, 11) is 0. The molecule has 1 aliphatic rings. The molecule has 3 aromatic rings. The van der Waals surface area contributed by atoms with Crippen LogP contribution in [0.1, 0.15) is 24.0 Å². The third-order valence-corrected chi connectivity index (χ3v) is 5.47. The minimum atomic E-state index is -0.240. The average Bonchev–Trinajstić information content (AvgIpc) is 3.17. The molecule has 1 fully saturated rings. The van der Waals surface area contributed by atoms with Gasteiger partial charge in [-0.15, -0.1) is 10.2 Å². The molecule has 3 heterocycles. The van der Waals surface area contributed by atoms with Crippen LogP contribution in [0.5, 0.6) is 0 Å². The Labute approximate surface area is 175 Å². The molecule has 30 heavy (non-hydrogen) atoms. The Hall–Kier alpha value is -3.42. The summed E-state index contributed by atoms with van der Waals surface area (Å²) in [5, 5.41) is 10.7. The van der Waals surface area contributed by atoms with Gasteiger partial charge in [0.15, 0.2) is 5.65 Å². The smallest absolute Gasteiger partial charge is 0.235 e. The molecule has 0 unspecified atom stereocenters. The molecule has 0 spiro atoms. The number of carbonyl (C=O) groups is 2. The van der Waals surface area contributed by atoms with E-state index in [1.54, 1.807) is 10.6 Å². The number of benzene rings is 1. The van der Waals surface area contributed by atoms with E-state index in [1.165, 1.54) is 16.8 Å². The maximum atomic E-state index is 12.6. The van der Waals surface area contributed by atoms with Gasteiger partial charge in [0.2, 0.25) is 17.8 Å². The number of hydrogen-bond donors (Lipinski definition) is 1. The van der Waals surface area contributed by atoms with Gasteiger partial charge in [-0.3, -0.25) is 19.3 Å². The van der Waals surface area contributed by atoms with Crippen LogP contribution in [0.2, 0.25) is 0 Å². The zero-order valence-corrected chi connectivity index (χ0v) is 17.3. The van der Waals surface area contributed by atoms with E-state index in [2.05, 4.69) is 52.5 Å². The van der Waals surface area contributed by atoms with Gasteiger partial charge in [0.1, 0.15) is 0 Å². The van der Waals surface area contributed by atoms with E-state index in [0.29, 0.717) is 24.7 Å². The van der Waals surface area contributed by atoms with Crippen molar-refractivity contribution >= 4 is 29.1 Å². The van der Waals surface area contributed by atoms with Gasteiger partial charge in [0.25, 0.3) is 0 Å². The van der Waals surface area contributed by atoms with Crippen LogP contribution < -0.4 is 10.2 Å². The lowest BCUT2D eigenvalue weighted by molar-refractivity contribution is -0.133. The molecule has 8 nitrogen and oxygen atoms in total. The molecule has 0 saturated carbocycles. The van der Waals surface area contributed by atoms with Crippen LogP contribution in [0.3, 0.4) is 0 Å². The van der Waals surface area contributed by atoms with Gasteiger partial charge in [-0.05, 0) is 43.2 Å². The number of nitrogens with zero attached hydrogens (tertiary/aromatic N) is 5. The summed E-state index contributed by atoms with van der Waals surface area (Å²) in [5.41, 5.74) is 4.38. The second-order valence-electron chi connectivity index (χ2n) is 7.66. The Bertz CT molecular complexity index is 1070. The molecule has 2 amide bonds. The summed E-state index contributed by atoms with van der Waals surface area (Å²) < 4.78 is 1.70. The quantitative estimate of drug-likeness (QED) is 0.704. The summed E-state index contributed by atoms with van der Waals surface area (Å²) in [6, 6.07) is 12.0. The number of aryl methyl sites for hydroxylation is 2. The average molecular weight is 406 g/mol. The Kier molecular flexibility index (Phi) is 5.65. The van der Waals surface area contributed by atoms with Crippen molar-refractivity contribution in [1.82, 2.24) is 19.5 Å². The molecule has 8 heteroatoms. The number of rotatable bonds is 5. The van der Waals surface area contributed by atoms with Gasteiger partial charge < -0.3 is 9.80 Å². The van der Waals surface area contributed by atoms with E-state index in [0.717, 1.165) is 13.1 Å². The number of nitrogens with one attached hydrogen (secondary N) is 1. The third kappa shape index (κ3) is 4.27. The highest BCUT2D eigenvalue weighted by Gasteiger charge is 2.22. The Morgan fingerprint density at radius 1 is 1.00 bits per heavy atom. The fourth-order valence-electron chi connectivity index (χ4n) is 3.75. The van der Waals surface area contributed by atoms with Crippen molar-refractivity contribution in [2.75, 3.05) is 36.4 Å². The lowest BCUT2D eigenvalue weighted by Gasteiger charge is -2.37. The highest BCUT2D eigenvalue weighted by Crippen LogP contribution is 2.23. The summed E-state index contributed by atoms with van der Waals surface area (Å²) in [5.74, 6) is 0.137. The number of piperazine rings is 1. The van der Waals surface area contributed by atoms with Crippen LogP contribution >= 0.6 is 0 Å². The number of anilines is 2. The molecule has 1 N–H and O–H groups in total. The molecular formula is C22H26N6O2. The Morgan fingerprint density at radius 3 is 2.60 bits per heavy atom. The molecule has 2 aromatic heterocycles. The number of amides is 2. The lowest BCUT2D eigenvalue weighted by Crippen LogP contribution is -2.49. The maximum Gasteiger partial charge on any atom is 0.235 e. The van der Waals surface area contributed by atoms with Gasteiger partial charge in [0, 0.05) is 50.9 Å². The Morgan fingerprint density at radius 2 is 1.80 bits per heavy atom. The van der Waals surface area contributed by atoms with Gasteiger partial charge in [-0.1, -0.05) is 18.2 Å². The van der Waals surface area contributed by atoms with Crippen LogP contribution in [0.25, 0.3) is 5.65 Å². The minimum Gasteiger partial charge on any atom is -0.368 e. The van der Waals surface area contributed by atoms with Gasteiger partial charge in [-0.2, -0.15) is 0 Å². The largest absolute Gasteiger partial charge is 0.368 e. The SMILES string of the molecule is Cc1ccc(C)c(N2CCN(C(=O)CCC(=O)Nc3nnc4ccccn34)CC2)c1. The summed E-state index contributed by atoms with van der Waals surface area (Å²) in [4.78, 5) is 29.0. The first-order valence-electron chi connectivity index (χ1n) is 10.2. The first-order valence-corrected chi connectivity index (χ1v) is 10.2. The Balaban J connectivity index is 1.27. The summed E-state index contributed by atoms with van der Waals surface area (Å²) in [6.07, 6.45) is 2.09. The maximum absolute atomic E-state index is 12.6. The fourth-order valence-corrected chi connectivity index (χ4v) is 3.75. The van der Waals surface area contributed by atoms with Gasteiger partial charge in [-0.25, -0.2) is 0 Å². The van der Waals surface area contributed by atoms with E-state index < -0.39 is 0 Å². The summed E-state index contributed by atoms with van der Waals surface area (Å²) in [6.45, 7) is 7.15. The van der Waals surface area contributed by atoms with Crippen molar-refractivity contribution in [2.24, 2.45) is 0 Å². The standard InChI is InChI=1S/C22H26N6O2/c1-16-6-7-17(2)18(15-16)26-11-13-27(14-12-26)21(30)9-8-20(29)23-22-25-24-19-5-3-4-10-28(19)22/h3-7,10,15H,8-9,11-14H2,1-2H3,(H,23,25,29). The van der Waals surface area contributed by atoms with Crippen molar-refractivity contribution in [3.8, 4) is 0 Å². The molecule has 4 rings (SSSR count). The molecule has 1 saturated heterocycles. The van der Waals surface area contributed by atoms with Crippen LogP contribution in [-0.4, -0.2) is 57.5 Å². The summed E-state index contributed by atoms with van der Waals surface area (Å²) >= 11 is 0. The molecule has 0 atom stereocenters. The predicted molar refractivity (Wildman–Crippen MR) is 116 cm³/mol. The first-order chi connectivity index (χ1) is 14.5. The molecule has 0 bridgehead atoms. The number of hydrogen-bond acceptors (Lipinski definition) is 5. The normalized spacial score (nSPS) is 14.2. The highest BCUT2D eigenvalue weighted by molar-refractivity contribution is 5.92. The second-order valence-corrected chi connectivity index (χ2v) is 7.66. The third-order valence-electron chi connectivity index (χ3n) is 5.47. The van der Waals surface area contributed by atoms with Crippen molar-refractivity contribution < 1.29 is 9.59 Å². The number of carbonyl (C=O) groups excluding carboxylic acids is 2. The van der Waals surface area contributed by atoms with Crippen molar-refractivity contribution in [2.45, 2.75) is 26.7 Å². The topological polar surface area (TPSA) is 82.8 Å². The highest BCUT2D eigenvalue weighted by atomic mass is 16.2. The number of pyridine rings is 1. The van der Waals surface area contributed by atoms with E-state index in [4.69, 9.17) is 0 Å². The zero-order chi connectivity index (χ0) is 21.1. The van der Waals surface area contributed by atoms with Crippen LogP contribution in [0.15, 0.2) is 42.6 Å². The number of aromatic nitrogens is 3. The van der Waals surface area contributed by atoms with Gasteiger partial charge >= 0.3 is 0 Å². The molecule has 0 radical (unpaired) electrons. The first kappa shape index (κ1) is 19.9. The van der Waals surface area contributed by atoms with E-state index in [-0.39, 0.29) is 24.7 Å². The van der Waals surface area contributed by atoms with E-state index >= 15 is 0 Å². The minimum absolute atomic E-state index is 0.0110. The van der Waals surface area contributed by atoms with Crippen LogP contribution in [0.4, 0.5) is 11.6 Å². The van der Waals surface area contributed by atoms with Crippen molar-refractivity contribution in [3.63, 3.8) is 0 Å². The van der Waals surface area contributed by atoms with Crippen LogP contribution in [-0.2, 0) is 9.59 Å². The lowest BCUT2D eigenvalue weighted by atomic mass is 10.1. The molecule has 1 aliphatic heterocycles. The fraction of sp³-hybridized carbons (Fsp3) is 0.364. The predicted octanol–water partition coefficient (Wildman–Crippen LogP) is 2.41. The second kappa shape index (κ2) is 8.52. The van der Waals surface area contributed by atoms with E-state index in [9.17, 15) is 9.59 Å². The molecule has 0 aliphatic carbocycles. The van der Waals surface area contributed by atoms with Gasteiger partial charge in [0.05, 0.1) is 0 Å². The van der Waals surface area contributed by atoms with E-state index in [1.807, 2.05) is 23.1 Å². The molecular weight excluding hydrogens is 380 g/mol. The van der Waals surface area contributed by atoms with Crippen molar-refractivity contribution in [1.29, 1.82) is 0 Å². The van der Waals surface area contributed by atoms with Crippen molar-refractivity contribution in [3.05, 3.63) is 53.7 Å². The number of fused-ring (bicyclic) bond motifs is 1. The van der Waals surface area contributed by atoms with Crippen LogP contribution in [0, 0.1) is 13.8 Å². The molecule has 156 valence electrons. The zero-order valence-electron chi connectivity index (χ0n) is 17.3. The monoisotopic (exact) mass is 406 g/mol.